The topological polar surface area (TPSA) is 76.4 Å². The number of hydrogen-bond donors (Lipinski definition) is 1. The van der Waals surface area contributed by atoms with Crippen molar-refractivity contribution >= 4 is 21.4 Å². The fourth-order valence-corrected chi connectivity index (χ4v) is 3.33. The summed E-state index contributed by atoms with van der Waals surface area (Å²) < 4.78 is 29.2. The van der Waals surface area contributed by atoms with Crippen LogP contribution in [-0.2, 0) is 16.4 Å². The quantitative estimate of drug-likeness (QED) is 0.802. The van der Waals surface area contributed by atoms with Crippen LogP contribution in [0.4, 0.5) is 5.69 Å². The first-order chi connectivity index (χ1) is 10.5. The molecule has 3 aromatic rings. The Bertz CT molecular complexity index is 932. The SMILES string of the molecule is CCc1nc2c(NS(=O)(=O)c3cccc(C)c3)cccn2n1. The van der Waals surface area contributed by atoms with Crippen molar-refractivity contribution in [3.63, 3.8) is 0 Å². The molecular formula is C15H16N4O2S. The molecule has 0 aliphatic carbocycles. The van der Waals surface area contributed by atoms with E-state index < -0.39 is 10.0 Å². The van der Waals surface area contributed by atoms with E-state index in [1.54, 1.807) is 41.0 Å². The van der Waals surface area contributed by atoms with Crippen LogP contribution in [0.5, 0.6) is 0 Å². The second-order valence-electron chi connectivity index (χ2n) is 4.99. The van der Waals surface area contributed by atoms with Crippen LogP contribution in [0.15, 0.2) is 47.5 Å². The van der Waals surface area contributed by atoms with Crippen molar-refractivity contribution in [3.05, 3.63) is 54.0 Å². The summed E-state index contributed by atoms with van der Waals surface area (Å²) in [6, 6.07) is 10.2. The van der Waals surface area contributed by atoms with Crippen LogP contribution in [0.25, 0.3) is 5.65 Å². The van der Waals surface area contributed by atoms with Crippen molar-refractivity contribution in [2.24, 2.45) is 0 Å². The van der Waals surface area contributed by atoms with Gasteiger partial charge in [0.15, 0.2) is 11.5 Å². The summed E-state index contributed by atoms with van der Waals surface area (Å²) in [7, 11) is -3.66. The minimum absolute atomic E-state index is 0.227. The molecule has 3 rings (SSSR count). The molecule has 2 heterocycles. The van der Waals surface area contributed by atoms with Crippen LogP contribution in [-0.4, -0.2) is 23.0 Å². The zero-order chi connectivity index (χ0) is 15.7. The molecule has 0 fully saturated rings. The summed E-state index contributed by atoms with van der Waals surface area (Å²) in [5.41, 5.74) is 1.80. The number of nitrogens with one attached hydrogen (secondary N) is 1. The van der Waals surface area contributed by atoms with E-state index in [2.05, 4.69) is 14.8 Å². The Kier molecular flexibility index (Phi) is 3.58. The van der Waals surface area contributed by atoms with Gasteiger partial charge >= 0.3 is 0 Å². The highest BCUT2D eigenvalue weighted by Gasteiger charge is 2.17. The van der Waals surface area contributed by atoms with Gasteiger partial charge in [0.2, 0.25) is 0 Å². The Morgan fingerprint density at radius 2 is 2.05 bits per heavy atom. The predicted molar refractivity (Wildman–Crippen MR) is 84.4 cm³/mol. The normalized spacial score (nSPS) is 11.7. The van der Waals surface area contributed by atoms with Gasteiger partial charge in [-0.25, -0.2) is 17.9 Å². The van der Waals surface area contributed by atoms with Crippen molar-refractivity contribution in [1.29, 1.82) is 0 Å². The molecule has 0 radical (unpaired) electrons. The van der Waals surface area contributed by atoms with Gasteiger partial charge in [0, 0.05) is 12.6 Å². The van der Waals surface area contributed by atoms with Crippen LogP contribution >= 0.6 is 0 Å². The first kappa shape index (κ1) is 14.5. The molecule has 1 N–H and O–H groups in total. The molecule has 0 aliphatic heterocycles. The number of aromatic nitrogens is 3. The molecule has 0 atom stereocenters. The fourth-order valence-electron chi connectivity index (χ4n) is 2.17. The Morgan fingerprint density at radius 1 is 1.23 bits per heavy atom. The van der Waals surface area contributed by atoms with E-state index in [-0.39, 0.29) is 4.90 Å². The lowest BCUT2D eigenvalue weighted by Crippen LogP contribution is -2.14. The third kappa shape index (κ3) is 2.67. The number of anilines is 1. The van der Waals surface area contributed by atoms with Crippen LogP contribution in [0.2, 0.25) is 0 Å². The lowest BCUT2D eigenvalue weighted by molar-refractivity contribution is 0.601. The first-order valence-corrected chi connectivity index (χ1v) is 8.41. The van der Waals surface area contributed by atoms with E-state index in [0.717, 1.165) is 5.56 Å². The third-order valence-electron chi connectivity index (χ3n) is 3.27. The molecule has 22 heavy (non-hydrogen) atoms. The van der Waals surface area contributed by atoms with E-state index in [4.69, 9.17) is 0 Å². The number of hydrogen-bond acceptors (Lipinski definition) is 4. The minimum Gasteiger partial charge on any atom is -0.276 e. The average molecular weight is 316 g/mol. The number of nitrogens with zero attached hydrogens (tertiary/aromatic N) is 3. The van der Waals surface area contributed by atoms with E-state index >= 15 is 0 Å². The molecule has 0 bridgehead atoms. The van der Waals surface area contributed by atoms with Gasteiger partial charge in [0.05, 0.1) is 10.6 Å². The van der Waals surface area contributed by atoms with E-state index in [9.17, 15) is 8.42 Å². The number of benzene rings is 1. The highest BCUT2D eigenvalue weighted by Crippen LogP contribution is 2.20. The molecular weight excluding hydrogens is 300 g/mol. The second-order valence-corrected chi connectivity index (χ2v) is 6.68. The largest absolute Gasteiger partial charge is 0.276 e. The van der Waals surface area contributed by atoms with Gasteiger partial charge in [0.25, 0.3) is 10.0 Å². The van der Waals surface area contributed by atoms with Gasteiger partial charge in [-0.3, -0.25) is 4.72 Å². The van der Waals surface area contributed by atoms with Crippen LogP contribution in [0, 0.1) is 6.92 Å². The van der Waals surface area contributed by atoms with Crippen LogP contribution in [0.3, 0.4) is 0 Å². The van der Waals surface area contributed by atoms with Crippen molar-refractivity contribution in [2.75, 3.05) is 4.72 Å². The molecule has 0 saturated carbocycles. The Balaban J connectivity index is 2.04. The summed E-state index contributed by atoms with van der Waals surface area (Å²) in [5.74, 6) is 0.669. The van der Waals surface area contributed by atoms with E-state index in [1.807, 2.05) is 19.9 Å². The summed E-state index contributed by atoms with van der Waals surface area (Å²) in [5, 5.41) is 4.28. The summed E-state index contributed by atoms with van der Waals surface area (Å²) in [4.78, 5) is 4.58. The smallest absolute Gasteiger partial charge is 0.262 e. The molecule has 114 valence electrons. The molecule has 0 unspecified atom stereocenters. The lowest BCUT2D eigenvalue weighted by Gasteiger charge is -2.09. The summed E-state index contributed by atoms with van der Waals surface area (Å²) in [6.07, 6.45) is 2.43. The molecule has 0 amide bonds. The van der Waals surface area contributed by atoms with E-state index in [1.165, 1.54) is 0 Å². The minimum atomic E-state index is -3.66. The Morgan fingerprint density at radius 3 is 2.77 bits per heavy atom. The molecule has 1 aromatic carbocycles. The molecule has 6 nitrogen and oxygen atoms in total. The highest BCUT2D eigenvalue weighted by atomic mass is 32.2. The van der Waals surface area contributed by atoms with Gasteiger partial charge in [-0.15, -0.1) is 0 Å². The zero-order valence-electron chi connectivity index (χ0n) is 12.3. The average Bonchev–Trinajstić information content (AvgIpc) is 2.91. The predicted octanol–water partition coefficient (Wildman–Crippen LogP) is 2.40. The number of pyridine rings is 1. The fraction of sp³-hybridized carbons (Fsp3) is 0.200. The summed E-state index contributed by atoms with van der Waals surface area (Å²) in [6.45, 7) is 3.80. The Labute approximate surface area is 128 Å². The number of fused-ring (bicyclic) bond motifs is 1. The van der Waals surface area contributed by atoms with Crippen molar-refractivity contribution < 1.29 is 8.42 Å². The molecule has 0 saturated heterocycles. The van der Waals surface area contributed by atoms with Crippen molar-refractivity contribution in [1.82, 2.24) is 14.6 Å². The van der Waals surface area contributed by atoms with Gasteiger partial charge in [-0.2, -0.15) is 5.10 Å². The number of rotatable bonds is 4. The van der Waals surface area contributed by atoms with Crippen LogP contribution in [0.1, 0.15) is 18.3 Å². The van der Waals surface area contributed by atoms with Gasteiger partial charge in [-0.1, -0.05) is 19.1 Å². The van der Waals surface area contributed by atoms with E-state index in [0.29, 0.717) is 23.6 Å². The number of aryl methyl sites for hydroxylation is 2. The van der Waals surface area contributed by atoms with Crippen LogP contribution < -0.4 is 4.72 Å². The third-order valence-corrected chi connectivity index (χ3v) is 4.63. The zero-order valence-corrected chi connectivity index (χ0v) is 13.1. The number of sulfonamides is 1. The Hall–Kier alpha value is -2.41. The monoisotopic (exact) mass is 316 g/mol. The first-order valence-electron chi connectivity index (χ1n) is 6.93. The molecule has 7 heteroatoms. The maximum atomic E-state index is 12.5. The van der Waals surface area contributed by atoms with Crippen molar-refractivity contribution in [3.8, 4) is 0 Å². The molecule has 2 aromatic heterocycles. The van der Waals surface area contributed by atoms with Gasteiger partial charge in [0.1, 0.15) is 0 Å². The maximum absolute atomic E-state index is 12.5. The maximum Gasteiger partial charge on any atom is 0.262 e. The second kappa shape index (κ2) is 5.42. The van der Waals surface area contributed by atoms with Gasteiger partial charge in [-0.05, 0) is 36.8 Å². The summed E-state index contributed by atoms with van der Waals surface area (Å²) >= 11 is 0. The van der Waals surface area contributed by atoms with Crippen molar-refractivity contribution in [2.45, 2.75) is 25.2 Å². The molecule has 0 aliphatic rings. The lowest BCUT2D eigenvalue weighted by atomic mass is 10.2. The molecule has 0 spiro atoms. The highest BCUT2D eigenvalue weighted by molar-refractivity contribution is 7.92. The standard InChI is InChI=1S/C15H16N4O2S/c1-3-14-16-15-13(8-5-9-19(15)17-14)18-22(20,21)12-7-4-6-11(2)10-12/h4-10,18H,3H2,1-2H3. The van der Waals surface area contributed by atoms with Gasteiger partial charge < -0.3 is 0 Å².